The van der Waals surface area contributed by atoms with E-state index in [9.17, 15) is 34.8 Å². The van der Waals surface area contributed by atoms with Crippen LogP contribution in [0.1, 0.15) is 6.92 Å². The fourth-order valence-electron chi connectivity index (χ4n) is 1.12. The molecule has 0 bridgehead atoms. The standard InChI is InChI=1S/C11H10F3NO6S2/c1-7(2)10(16)21-8-3-5-9(6-4-8)22(17,18)15-23(19,20)11(12,13)14/h3-6,15H,1H2,2H3. The molecular weight excluding hydrogens is 363 g/mol. The maximum Gasteiger partial charge on any atom is 0.512 e. The van der Waals surface area contributed by atoms with Crippen molar-refractivity contribution in [1.29, 1.82) is 0 Å². The van der Waals surface area contributed by atoms with E-state index >= 15 is 0 Å². The summed E-state index contributed by atoms with van der Waals surface area (Å²) in [4.78, 5) is 10.5. The lowest BCUT2D eigenvalue weighted by Gasteiger charge is -2.10. The molecule has 0 aliphatic heterocycles. The fraction of sp³-hybridized carbons (Fsp3) is 0.182. The van der Waals surface area contributed by atoms with Gasteiger partial charge in [0.2, 0.25) is 0 Å². The molecule has 0 spiro atoms. The second-order valence-corrected chi connectivity index (χ2v) is 7.79. The number of benzene rings is 1. The lowest BCUT2D eigenvalue weighted by atomic mass is 10.3. The van der Waals surface area contributed by atoms with Crippen LogP contribution in [0.4, 0.5) is 13.2 Å². The average Bonchev–Trinajstić information content (AvgIpc) is 2.36. The molecule has 0 aliphatic carbocycles. The van der Waals surface area contributed by atoms with Crippen molar-refractivity contribution >= 4 is 26.0 Å². The molecule has 7 nitrogen and oxygen atoms in total. The molecule has 0 amide bonds. The van der Waals surface area contributed by atoms with Crippen LogP contribution < -0.4 is 8.86 Å². The highest BCUT2D eigenvalue weighted by Gasteiger charge is 2.48. The van der Waals surface area contributed by atoms with E-state index in [1.807, 2.05) is 0 Å². The minimum atomic E-state index is -6.08. The van der Waals surface area contributed by atoms with Crippen molar-refractivity contribution in [3.05, 3.63) is 36.4 Å². The fourth-order valence-corrected chi connectivity index (χ4v) is 3.53. The number of sulfonamides is 2. The Morgan fingerprint density at radius 3 is 2.00 bits per heavy atom. The highest BCUT2D eigenvalue weighted by molar-refractivity contribution is 8.05. The van der Waals surface area contributed by atoms with E-state index in [-0.39, 0.29) is 11.3 Å². The topological polar surface area (TPSA) is 107 Å². The lowest BCUT2D eigenvalue weighted by Crippen LogP contribution is -2.40. The van der Waals surface area contributed by atoms with Crippen LogP contribution in [0.25, 0.3) is 0 Å². The van der Waals surface area contributed by atoms with Crippen LogP contribution in [-0.2, 0) is 24.8 Å². The number of alkyl halides is 3. The molecule has 12 heteroatoms. The summed E-state index contributed by atoms with van der Waals surface area (Å²) in [7, 11) is -11.1. The van der Waals surface area contributed by atoms with E-state index in [1.54, 1.807) is 0 Å². The van der Waals surface area contributed by atoms with Crippen molar-refractivity contribution in [3.63, 3.8) is 0 Å². The number of rotatable bonds is 5. The minimum Gasteiger partial charge on any atom is -0.423 e. The van der Waals surface area contributed by atoms with Crippen LogP contribution in [0.2, 0.25) is 0 Å². The summed E-state index contributed by atoms with van der Waals surface area (Å²) in [5.74, 6) is -0.894. The van der Waals surface area contributed by atoms with Gasteiger partial charge in [-0.25, -0.2) is 21.6 Å². The third kappa shape index (κ3) is 4.77. The Labute approximate surface area is 129 Å². The monoisotopic (exact) mass is 373 g/mol. The summed E-state index contributed by atoms with van der Waals surface area (Å²) < 4.78 is 86.8. The number of carbonyl (C=O) groups excluding carboxylic acids is 1. The Morgan fingerprint density at radius 2 is 1.61 bits per heavy atom. The molecule has 1 aromatic carbocycles. The molecule has 0 radical (unpaired) electrons. The average molecular weight is 373 g/mol. The number of hydrogen-bond acceptors (Lipinski definition) is 6. The molecule has 0 atom stereocenters. The van der Waals surface area contributed by atoms with Gasteiger partial charge >= 0.3 is 21.5 Å². The number of nitrogens with one attached hydrogen (secondary N) is 1. The summed E-state index contributed by atoms with van der Waals surface area (Å²) in [5.41, 5.74) is -5.71. The van der Waals surface area contributed by atoms with E-state index in [0.29, 0.717) is 4.13 Å². The number of halogens is 3. The van der Waals surface area contributed by atoms with Gasteiger partial charge < -0.3 is 4.74 Å². The lowest BCUT2D eigenvalue weighted by molar-refractivity contribution is -0.130. The first-order valence-electron chi connectivity index (χ1n) is 5.59. The van der Waals surface area contributed by atoms with Crippen molar-refractivity contribution in [2.75, 3.05) is 0 Å². The van der Waals surface area contributed by atoms with E-state index in [2.05, 4.69) is 6.58 Å². The van der Waals surface area contributed by atoms with Crippen molar-refractivity contribution in [2.24, 2.45) is 0 Å². The molecule has 0 aliphatic rings. The van der Waals surface area contributed by atoms with Crippen LogP contribution in [0.3, 0.4) is 0 Å². The molecule has 1 aromatic rings. The van der Waals surface area contributed by atoms with E-state index in [4.69, 9.17) is 4.74 Å². The maximum absolute atomic E-state index is 12.2. The predicted octanol–water partition coefficient (Wildman–Crippen LogP) is 1.30. The van der Waals surface area contributed by atoms with Crippen LogP contribution in [-0.4, -0.2) is 28.3 Å². The zero-order valence-electron chi connectivity index (χ0n) is 11.4. The number of hydrogen-bond donors (Lipinski definition) is 1. The Bertz CT molecular complexity index is 826. The second kappa shape index (κ2) is 6.29. The summed E-state index contributed by atoms with van der Waals surface area (Å²) in [5, 5.41) is 0. The predicted molar refractivity (Wildman–Crippen MR) is 72.2 cm³/mol. The van der Waals surface area contributed by atoms with Gasteiger partial charge in [-0.1, -0.05) is 10.7 Å². The van der Waals surface area contributed by atoms with Gasteiger partial charge in [0.05, 0.1) is 4.90 Å². The van der Waals surface area contributed by atoms with Gasteiger partial charge in [-0.2, -0.15) is 13.2 Å². The summed E-state index contributed by atoms with van der Waals surface area (Å²) in [6.07, 6.45) is 0. The van der Waals surface area contributed by atoms with E-state index < -0.39 is 36.4 Å². The molecule has 0 unspecified atom stereocenters. The minimum absolute atomic E-state index is 0.0691. The molecule has 128 valence electrons. The Morgan fingerprint density at radius 1 is 1.13 bits per heavy atom. The van der Waals surface area contributed by atoms with Crippen LogP contribution in [0, 0.1) is 0 Å². The molecule has 1 N–H and O–H groups in total. The largest absolute Gasteiger partial charge is 0.512 e. The smallest absolute Gasteiger partial charge is 0.423 e. The quantitative estimate of drug-likeness (QED) is 0.474. The maximum atomic E-state index is 12.2. The van der Waals surface area contributed by atoms with Crippen LogP contribution in [0.15, 0.2) is 41.3 Å². The van der Waals surface area contributed by atoms with Gasteiger partial charge in [-0.3, -0.25) is 0 Å². The Hall–Kier alpha value is -1.92. The summed E-state index contributed by atoms with van der Waals surface area (Å²) >= 11 is 0. The van der Waals surface area contributed by atoms with E-state index in [0.717, 1.165) is 24.3 Å². The normalized spacial score (nSPS) is 12.7. The van der Waals surface area contributed by atoms with Crippen LogP contribution in [0.5, 0.6) is 5.75 Å². The van der Waals surface area contributed by atoms with Gasteiger partial charge in [-0.15, -0.1) is 0 Å². The van der Waals surface area contributed by atoms with Gasteiger partial charge in [-0.05, 0) is 31.2 Å². The molecule has 0 saturated heterocycles. The second-order valence-electron chi connectivity index (χ2n) is 4.18. The number of carbonyl (C=O) groups is 1. The Kier molecular flexibility index (Phi) is 5.23. The van der Waals surface area contributed by atoms with Gasteiger partial charge in [0, 0.05) is 5.57 Å². The Balaban J connectivity index is 3.04. The molecule has 0 heterocycles. The third-order valence-corrected chi connectivity index (χ3v) is 5.47. The van der Waals surface area contributed by atoms with Crippen molar-refractivity contribution in [1.82, 2.24) is 4.13 Å². The van der Waals surface area contributed by atoms with Gasteiger partial charge in [0.25, 0.3) is 10.0 Å². The first-order valence-corrected chi connectivity index (χ1v) is 8.55. The van der Waals surface area contributed by atoms with Crippen molar-refractivity contribution in [2.45, 2.75) is 17.3 Å². The zero-order valence-corrected chi connectivity index (χ0v) is 13.0. The van der Waals surface area contributed by atoms with E-state index in [1.165, 1.54) is 6.92 Å². The first kappa shape index (κ1) is 19.1. The van der Waals surface area contributed by atoms with Crippen LogP contribution >= 0.6 is 0 Å². The third-order valence-electron chi connectivity index (χ3n) is 2.22. The number of esters is 1. The molecule has 0 saturated carbocycles. The summed E-state index contributed by atoms with van der Waals surface area (Å²) in [6, 6.07) is 3.48. The molecule has 0 fully saturated rings. The van der Waals surface area contributed by atoms with Gasteiger partial charge in [0.15, 0.2) is 0 Å². The molecular formula is C11H10F3NO6S2. The zero-order chi connectivity index (χ0) is 18.1. The van der Waals surface area contributed by atoms with Gasteiger partial charge in [0.1, 0.15) is 5.75 Å². The molecule has 1 rings (SSSR count). The SMILES string of the molecule is C=C(C)C(=O)Oc1ccc(S(=O)(=O)NS(=O)(=O)C(F)(F)F)cc1. The summed E-state index contributed by atoms with van der Waals surface area (Å²) in [6.45, 7) is 4.69. The highest BCUT2D eigenvalue weighted by atomic mass is 32.3. The highest BCUT2D eigenvalue weighted by Crippen LogP contribution is 2.24. The first-order chi connectivity index (χ1) is 10.3. The molecule has 23 heavy (non-hydrogen) atoms. The number of ether oxygens (including phenoxy) is 1. The van der Waals surface area contributed by atoms with Crippen molar-refractivity contribution < 1.29 is 39.5 Å². The molecule has 0 aromatic heterocycles. The van der Waals surface area contributed by atoms with Crippen molar-refractivity contribution in [3.8, 4) is 5.75 Å².